The summed E-state index contributed by atoms with van der Waals surface area (Å²) in [6.07, 6.45) is 23.1. The van der Waals surface area contributed by atoms with Gasteiger partial charge in [-0.2, -0.15) is 0 Å². The Hall–Kier alpha value is -2.62. The Morgan fingerprint density at radius 3 is 2.24 bits per heavy atom. The molecule has 0 aromatic heterocycles. The molecule has 0 radical (unpaired) electrons. The number of carbonyl (C=O) groups is 2. The van der Waals surface area contributed by atoms with E-state index in [2.05, 4.69) is 26.0 Å². The lowest BCUT2D eigenvalue weighted by Crippen LogP contribution is -2.03. The number of carbonyl (C=O) groups excluding carboxylic acids is 1. The van der Waals surface area contributed by atoms with E-state index in [1.54, 1.807) is 12.1 Å². The van der Waals surface area contributed by atoms with E-state index >= 15 is 0 Å². The predicted molar refractivity (Wildman–Crippen MR) is 124 cm³/mol. The van der Waals surface area contributed by atoms with Crippen LogP contribution in [0.3, 0.4) is 0 Å². The van der Waals surface area contributed by atoms with E-state index in [1.807, 2.05) is 24.3 Å². The molecule has 4 nitrogen and oxygen atoms in total. The van der Waals surface area contributed by atoms with Gasteiger partial charge in [-0.15, -0.1) is 0 Å². The first kappa shape index (κ1) is 26.4. The number of nitrogens with two attached hydrogens (primary N) is 1. The van der Waals surface area contributed by atoms with E-state index in [-0.39, 0.29) is 5.56 Å². The van der Waals surface area contributed by atoms with E-state index in [4.69, 9.17) is 10.8 Å². The highest BCUT2D eigenvalue weighted by molar-refractivity contribution is 5.95. The Morgan fingerprint density at radius 1 is 0.931 bits per heavy atom. The van der Waals surface area contributed by atoms with Gasteiger partial charge in [-0.05, 0) is 49.8 Å². The minimum atomic E-state index is -0.985. The van der Waals surface area contributed by atoms with Crippen molar-refractivity contribution in [1.82, 2.24) is 0 Å². The molecule has 0 aliphatic heterocycles. The molecule has 3 N–H and O–H groups in total. The van der Waals surface area contributed by atoms with E-state index in [9.17, 15) is 9.59 Å². The Kier molecular flexibility index (Phi) is 17.0. The number of hydrogen-bond acceptors (Lipinski definition) is 3. The van der Waals surface area contributed by atoms with Crippen LogP contribution in [0.1, 0.15) is 87.6 Å². The molecular formula is C25H37NO3. The summed E-state index contributed by atoms with van der Waals surface area (Å²) in [5, 5.41) is 8.90. The van der Waals surface area contributed by atoms with Gasteiger partial charge < -0.3 is 10.8 Å². The molecule has 0 atom stereocenters. The number of carboxylic acid groups (broad SMARTS) is 1. The van der Waals surface area contributed by atoms with E-state index < -0.39 is 5.97 Å². The summed E-state index contributed by atoms with van der Waals surface area (Å²) in [5.41, 5.74) is 7.04. The Labute approximate surface area is 176 Å². The quantitative estimate of drug-likeness (QED) is 0.125. The van der Waals surface area contributed by atoms with Crippen molar-refractivity contribution in [1.29, 1.82) is 0 Å². The summed E-state index contributed by atoms with van der Waals surface area (Å²) in [7, 11) is 0. The Balaban J connectivity index is 0.000000555. The molecule has 0 saturated carbocycles. The highest BCUT2D eigenvalue weighted by Crippen LogP contribution is 2.19. The molecule has 29 heavy (non-hydrogen) atoms. The number of hydrogen-bond donors (Lipinski definition) is 2. The predicted octanol–water partition coefficient (Wildman–Crippen LogP) is 6.83. The molecule has 0 fully saturated rings. The molecule has 0 amide bonds. The standard InChI is InChI=1S/C13H17NO2.C12H20O/c1-2-3-4-5-7-10-8-6-9-11(12(10)14)13(15)16;1-2-3-4-5-6-7-8-9-10-11-12-13/h5-9H,2-4,14H2,1H3,(H,15,16);6-7,10-12H,2-5,8-9H2,1H3/b7-5-;7-6-,11-10+. The summed E-state index contributed by atoms with van der Waals surface area (Å²) >= 11 is 0. The summed E-state index contributed by atoms with van der Waals surface area (Å²) in [6.45, 7) is 4.35. The molecule has 160 valence electrons. The number of rotatable bonds is 13. The highest BCUT2D eigenvalue weighted by Gasteiger charge is 2.08. The van der Waals surface area contributed by atoms with E-state index in [0.29, 0.717) is 5.69 Å². The average Bonchev–Trinajstić information content (AvgIpc) is 2.71. The van der Waals surface area contributed by atoms with Crippen LogP contribution in [0.5, 0.6) is 0 Å². The van der Waals surface area contributed by atoms with Crippen LogP contribution < -0.4 is 5.73 Å². The topological polar surface area (TPSA) is 80.4 Å². The van der Waals surface area contributed by atoms with Gasteiger partial charge in [0.1, 0.15) is 6.29 Å². The summed E-state index contributed by atoms with van der Waals surface area (Å²) in [4.78, 5) is 20.8. The average molecular weight is 400 g/mol. The summed E-state index contributed by atoms with van der Waals surface area (Å²) in [6, 6.07) is 5.05. The maximum atomic E-state index is 10.8. The molecule has 0 aliphatic rings. The largest absolute Gasteiger partial charge is 0.478 e. The first-order valence-corrected chi connectivity index (χ1v) is 10.6. The van der Waals surface area contributed by atoms with Crippen LogP contribution >= 0.6 is 0 Å². The van der Waals surface area contributed by atoms with Crippen molar-refractivity contribution < 1.29 is 14.7 Å². The molecular weight excluding hydrogens is 362 g/mol. The van der Waals surface area contributed by atoms with Crippen molar-refractivity contribution in [2.75, 3.05) is 5.73 Å². The van der Waals surface area contributed by atoms with Crippen LogP contribution in [0.4, 0.5) is 5.69 Å². The van der Waals surface area contributed by atoms with Crippen molar-refractivity contribution in [2.45, 2.75) is 71.6 Å². The molecule has 0 saturated heterocycles. The molecule has 0 unspecified atom stereocenters. The zero-order chi connectivity index (χ0) is 21.7. The van der Waals surface area contributed by atoms with Crippen molar-refractivity contribution in [2.24, 2.45) is 0 Å². The summed E-state index contributed by atoms with van der Waals surface area (Å²) < 4.78 is 0. The molecule has 0 spiro atoms. The SMILES string of the molecule is CCCC/C=C\c1cccc(C(=O)O)c1N.CCCCC/C=C\CC/C=C/C=O. The van der Waals surface area contributed by atoms with Crippen LogP contribution in [0, 0.1) is 0 Å². The number of allylic oxidation sites excluding steroid dienone is 5. The van der Waals surface area contributed by atoms with Crippen molar-refractivity contribution in [3.8, 4) is 0 Å². The Bertz CT molecular complexity index is 660. The zero-order valence-electron chi connectivity index (χ0n) is 18.0. The fraction of sp³-hybridized carbons (Fsp3) is 0.440. The number of benzene rings is 1. The van der Waals surface area contributed by atoms with Gasteiger partial charge in [0.05, 0.1) is 11.3 Å². The molecule has 0 aliphatic carbocycles. The molecule has 4 heteroatoms. The van der Waals surface area contributed by atoms with Crippen LogP contribution in [0.2, 0.25) is 0 Å². The van der Waals surface area contributed by atoms with Gasteiger partial charge >= 0.3 is 5.97 Å². The fourth-order valence-corrected chi connectivity index (χ4v) is 2.54. The first-order valence-electron chi connectivity index (χ1n) is 10.6. The molecule has 1 rings (SSSR count). The van der Waals surface area contributed by atoms with Crippen molar-refractivity contribution >= 4 is 24.0 Å². The van der Waals surface area contributed by atoms with Gasteiger partial charge in [-0.3, -0.25) is 4.79 Å². The number of nitrogen functional groups attached to an aromatic ring is 1. The van der Waals surface area contributed by atoms with Crippen LogP contribution in [-0.2, 0) is 4.79 Å². The third-order valence-corrected chi connectivity index (χ3v) is 4.25. The second-order valence-electron chi connectivity index (χ2n) is 6.77. The maximum Gasteiger partial charge on any atom is 0.337 e. The normalized spacial score (nSPS) is 11.1. The lowest BCUT2D eigenvalue weighted by molar-refractivity contribution is -0.104. The number of aromatic carboxylic acids is 1. The zero-order valence-corrected chi connectivity index (χ0v) is 18.0. The second kappa shape index (κ2) is 18.7. The number of anilines is 1. The highest BCUT2D eigenvalue weighted by atomic mass is 16.4. The molecule has 1 aromatic rings. The minimum Gasteiger partial charge on any atom is -0.478 e. The first-order chi connectivity index (χ1) is 14.1. The molecule has 0 bridgehead atoms. The van der Waals surface area contributed by atoms with Gasteiger partial charge in [0.15, 0.2) is 0 Å². The van der Waals surface area contributed by atoms with Gasteiger partial charge in [-0.1, -0.05) is 82.0 Å². The maximum absolute atomic E-state index is 10.8. The number of para-hydroxylation sites is 1. The number of carboxylic acids is 1. The van der Waals surface area contributed by atoms with Crippen molar-refractivity contribution in [3.05, 3.63) is 59.7 Å². The Morgan fingerprint density at radius 2 is 1.59 bits per heavy atom. The van der Waals surface area contributed by atoms with Gasteiger partial charge in [0.25, 0.3) is 0 Å². The fourth-order valence-electron chi connectivity index (χ4n) is 2.54. The molecule has 0 heterocycles. The van der Waals surface area contributed by atoms with E-state index in [0.717, 1.165) is 44.0 Å². The van der Waals surface area contributed by atoms with Crippen LogP contribution in [0.15, 0.2) is 48.6 Å². The minimum absolute atomic E-state index is 0.164. The molecule has 1 aromatic carbocycles. The van der Waals surface area contributed by atoms with Gasteiger partial charge in [0.2, 0.25) is 0 Å². The summed E-state index contributed by atoms with van der Waals surface area (Å²) in [5.74, 6) is -0.985. The lowest BCUT2D eigenvalue weighted by Gasteiger charge is -2.04. The third-order valence-electron chi connectivity index (χ3n) is 4.25. The van der Waals surface area contributed by atoms with Gasteiger partial charge in [-0.25, -0.2) is 4.79 Å². The lowest BCUT2D eigenvalue weighted by atomic mass is 10.1. The van der Waals surface area contributed by atoms with Crippen molar-refractivity contribution in [3.63, 3.8) is 0 Å². The third kappa shape index (κ3) is 14.1. The second-order valence-corrected chi connectivity index (χ2v) is 6.77. The monoisotopic (exact) mass is 399 g/mol. The smallest absolute Gasteiger partial charge is 0.337 e. The van der Waals surface area contributed by atoms with Crippen LogP contribution in [0.25, 0.3) is 6.08 Å². The number of aldehydes is 1. The number of unbranched alkanes of at least 4 members (excludes halogenated alkanes) is 6. The van der Waals surface area contributed by atoms with Crippen LogP contribution in [-0.4, -0.2) is 17.4 Å². The van der Waals surface area contributed by atoms with Gasteiger partial charge in [0, 0.05) is 0 Å². The van der Waals surface area contributed by atoms with E-state index in [1.165, 1.54) is 31.7 Å².